The van der Waals surface area contributed by atoms with Crippen LogP contribution in [0.1, 0.15) is 12.0 Å². The lowest BCUT2D eigenvalue weighted by molar-refractivity contribution is 0.394. The van der Waals surface area contributed by atoms with E-state index in [2.05, 4.69) is 74.4 Å². The summed E-state index contributed by atoms with van der Waals surface area (Å²) in [5, 5.41) is 3.45. The number of benzene rings is 1. The number of hydrogen-bond donors (Lipinski definition) is 1. The van der Waals surface area contributed by atoms with Gasteiger partial charge in [-0.3, -0.25) is 0 Å². The zero-order valence-electron chi connectivity index (χ0n) is 9.76. The van der Waals surface area contributed by atoms with E-state index in [0.717, 1.165) is 28.6 Å². The summed E-state index contributed by atoms with van der Waals surface area (Å²) in [5.74, 6) is 0. The molecule has 4 heteroatoms. The molecule has 1 N–H and O–H groups in total. The first kappa shape index (κ1) is 14.2. The Bertz CT molecular complexity index is 327. The summed E-state index contributed by atoms with van der Waals surface area (Å²) >= 11 is 7.01. The highest BCUT2D eigenvalue weighted by Crippen LogP contribution is 2.21. The van der Waals surface area contributed by atoms with Gasteiger partial charge in [0.1, 0.15) is 0 Å². The molecule has 0 saturated heterocycles. The molecular weight excluding hydrogens is 332 g/mol. The van der Waals surface area contributed by atoms with Crippen molar-refractivity contribution in [2.45, 2.75) is 13.0 Å². The van der Waals surface area contributed by atoms with E-state index in [-0.39, 0.29) is 0 Å². The summed E-state index contributed by atoms with van der Waals surface area (Å²) < 4.78 is 2.26. The van der Waals surface area contributed by atoms with Crippen LogP contribution in [0.15, 0.2) is 27.1 Å². The van der Waals surface area contributed by atoms with Crippen LogP contribution in [0, 0.1) is 0 Å². The van der Waals surface area contributed by atoms with Crippen LogP contribution >= 0.6 is 31.9 Å². The van der Waals surface area contributed by atoms with Crippen LogP contribution in [0.25, 0.3) is 0 Å². The van der Waals surface area contributed by atoms with Gasteiger partial charge in [-0.05, 0) is 51.3 Å². The van der Waals surface area contributed by atoms with Crippen molar-refractivity contribution < 1.29 is 0 Å². The highest BCUT2D eigenvalue weighted by Gasteiger charge is 1.99. The first-order chi connectivity index (χ1) is 7.59. The Morgan fingerprint density at radius 2 is 2.00 bits per heavy atom. The van der Waals surface area contributed by atoms with Gasteiger partial charge in [0.25, 0.3) is 0 Å². The molecule has 0 amide bonds. The van der Waals surface area contributed by atoms with E-state index < -0.39 is 0 Å². The quantitative estimate of drug-likeness (QED) is 0.793. The van der Waals surface area contributed by atoms with E-state index >= 15 is 0 Å². The standard InChI is InChI=1S/C12H18Br2N2/c1-16(2)7-3-6-15-9-10-4-5-11(13)8-12(10)14/h4-5,8,15H,3,6-7,9H2,1-2H3. The van der Waals surface area contributed by atoms with Crippen LogP contribution in [-0.4, -0.2) is 32.1 Å². The average Bonchev–Trinajstić information content (AvgIpc) is 2.20. The zero-order valence-corrected chi connectivity index (χ0v) is 12.9. The van der Waals surface area contributed by atoms with Crippen molar-refractivity contribution in [2.75, 3.05) is 27.2 Å². The summed E-state index contributed by atoms with van der Waals surface area (Å²) in [5.41, 5.74) is 1.30. The molecule has 0 unspecified atom stereocenters. The van der Waals surface area contributed by atoms with Crippen LogP contribution in [0.5, 0.6) is 0 Å². The fourth-order valence-electron chi connectivity index (χ4n) is 1.41. The van der Waals surface area contributed by atoms with Gasteiger partial charge in [0.2, 0.25) is 0 Å². The van der Waals surface area contributed by atoms with Crippen molar-refractivity contribution in [3.05, 3.63) is 32.7 Å². The van der Waals surface area contributed by atoms with Gasteiger partial charge in [-0.1, -0.05) is 37.9 Å². The van der Waals surface area contributed by atoms with Crippen molar-refractivity contribution >= 4 is 31.9 Å². The fourth-order valence-corrected chi connectivity index (χ4v) is 2.60. The summed E-state index contributed by atoms with van der Waals surface area (Å²) in [6.07, 6.45) is 1.18. The van der Waals surface area contributed by atoms with E-state index in [0.29, 0.717) is 0 Å². The zero-order chi connectivity index (χ0) is 12.0. The third-order valence-corrected chi connectivity index (χ3v) is 3.52. The lowest BCUT2D eigenvalue weighted by atomic mass is 10.2. The second-order valence-electron chi connectivity index (χ2n) is 4.07. The van der Waals surface area contributed by atoms with Crippen LogP contribution in [-0.2, 0) is 6.54 Å². The number of hydrogen-bond acceptors (Lipinski definition) is 2. The van der Waals surface area contributed by atoms with Gasteiger partial charge >= 0.3 is 0 Å². The minimum absolute atomic E-state index is 0.918. The normalized spacial score (nSPS) is 11.1. The molecule has 1 aromatic carbocycles. The van der Waals surface area contributed by atoms with E-state index in [4.69, 9.17) is 0 Å². The molecule has 2 nitrogen and oxygen atoms in total. The lowest BCUT2D eigenvalue weighted by Gasteiger charge is -2.10. The summed E-state index contributed by atoms with van der Waals surface area (Å²) in [6, 6.07) is 6.28. The molecule has 0 aliphatic heterocycles. The Hall–Kier alpha value is 0.1000. The monoisotopic (exact) mass is 348 g/mol. The molecule has 1 rings (SSSR count). The predicted molar refractivity (Wildman–Crippen MR) is 76.7 cm³/mol. The summed E-state index contributed by atoms with van der Waals surface area (Å²) in [4.78, 5) is 2.21. The van der Waals surface area contributed by atoms with Crippen molar-refractivity contribution in [1.82, 2.24) is 10.2 Å². The molecule has 0 saturated carbocycles. The highest BCUT2D eigenvalue weighted by molar-refractivity contribution is 9.11. The third-order valence-electron chi connectivity index (χ3n) is 2.29. The Morgan fingerprint density at radius 1 is 1.25 bits per heavy atom. The van der Waals surface area contributed by atoms with Gasteiger partial charge < -0.3 is 10.2 Å². The van der Waals surface area contributed by atoms with E-state index in [1.54, 1.807) is 0 Å². The molecule has 0 spiro atoms. The Balaban J connectivity index is 2.27. The molecule has 0 heterocycles. The van der Waals surface area contributed by atoms with Crippen LogP contribution in [0.4, 0.5) is 0 Å². The number of nitrogens with one attached hydrogen (secondary N) is 1. The third kappa shape index (κ3) is 5.43. The van der Waals surface area contributed by atoms with Crippen LogP contribution in [0.2, 0.25) is 0 Å². The minimum Gasteiger partial charge on any atom is -0.313 e. The molecule has 0 atom stereocenters. The SMILES string of the molecule is CN(C)CCCNCc1ccc(Br)cc1Br. The Morgan fingerprint density at radius 3 is 2.62 bits per heavy atom. The van der Waals surface area contributed by atoms with E-state index in [9.17, 15) is 0 Å². The van der Waals surface area contributed by atoms with Crippen molar-refractivity contribution in [2.24, 2.45) is 0 Å². The summed E-state index contributed by atoms with van der Waals surface area (Å²) in [7, 11) is 4.20. The maximum absolute atomic E-state index is 3.56. The van der Waals surface area contributed by atoms with Crippen molar-refractivity contribution in [3.8, 4) is 0 Å². The van der Waals surface area contributed by atoms with Crippen molar-refractivity contribution in [3.63, 3.8) is 0 Å². The second-order valence-corrected chi connectivity index (χ2v) is 5.84. The number of halogens is 2. The van der Waals surface area contributed by atoms with E-state index in [1.165, 1.54) is 12.0 Å². The van der Waals surface area contributed by atoms with Crippen LogP contribution in [0.3, 0.4) is 0 Å². The molecule has 0 aliphatic carbocycles. The molecule has 0 fully saturated rings. The Labute approximate surface area is 115 Å². The molecule has 1 aromatic rings. The molecule has 0 aromatic heterocycles. The first-order valence-corrected chi connectivity index (χ1v) is 6.97. The average molecular weight is 350 g/mol. The molecule has 16 heavy (non-hydrogen) atoms. The lowest BCUT2D eigenvalue weighted by Crippen LogP contribution is -2.21. The van der Waals surface area contributed by atoms with Gasteiger partial charge in [0.15, 0.2) is 0 Å². The van der Waals surface area contributed by atoms with Crippen LogP contribution < -0.4 is 5.32 Å². The topological polar surface area (TPSA) is 15.3 Å². The summed E-state index contributed by atoms with van der Waals surface area (Å²) in [6.45, 7) is 3.11. The predicted octanol–water partition coefficient (Wildman–Crippen LogP) is 3.25. The van der Waals surface area contributed by atoms with Gasteiger partial charge in [0, 0.05) is 15.5 Å². The number of rotatable bonds is 6. The van der Waals surface area contributed by atoms with Crippen molar-refractivity contribution in [1.29, 1.82) is 0 Å². The highest BCUT2D eigenvalue weighted by atomic mass is 79.9. The molecule has 90 valence electrons. The van der Waals surface area contributed by atoms with Gasteiger partial charge in [0.05, 0.1) is 0 Å². The molecule has 0 bridgehead atoms. The van der Waals surface area contributed by atoms with Gasteiger partial charge in [-0.15, -0.1) is 0 Å². The number of nitrogens with zero attached hydrogens (tertiary/aromatic N) is 1. The van der Waals surface area contributed by atoms with Gasteiger partial charge in [-0.2, -0.15) is 0 Å². The smallest absolute Gasteiger partial charge is 0.0231 e. The maximum Gasteiger partial charge on any atom is 0.0231 e. The first-order valence-electron chi connectivity index (χ1n) is 5.39. The maximum atomic E-state index is 3.56. The molecule has 0 radical (unpaired) electrons. The van der Waals surface area contributed by atoms with E-state index in [1.807, 2.05) is 0 Å². The Kier molecular flexibility index (Phi) is 6.58. The molecular formula is C12H18Br2N2. The fraction of sp³-hybridized carbons (Fsp3) is 0.500. The second kappa shape index (κ2) is 7.43. The molecule has 0 aliphatic rings. The largest absolute Gasteiger partial charge is 0.313 e. The minimum atomic E-state index is 0.918. The van der Waals surface area contributed by atoms with Gasteiger partial charge in [-0.25, -0.2) is 0 Å².